The van der Waals surface area contributed by atoms with Crippen LogP contribution in [0.2, 0.25) is 0 Å². The third kappa shape index (κ3) is 2.89. The van der Waals surface area contributed by atoms with Gasteiger partial charge in [0.05, 0.1) is 10.4 Å². The third-order valence-corrected chi connectivity index (χ3v) is 4.84. The molecule has 4 rings (SSSR count). The molecule has 0 radical (unpaired) electrons. The van der Waals surface area contributed by atoms with Gasteiger partial charge in [-0.1, -0.05) is 23.5 Å². The molecule has 24 heavy (non-hydrogen) atoms. The van der Waals surface area contributed by atoms with Gasteiger partial charge in [0.25, 0.3) is 5.91 Å². The van der Waals surface area contributed by atoms with E-state index in [2.05, 4.69) is 10.3 Å². The molecule has 8 heteroatoms. The normalized spacial score (nSPS) is 15.0. The van der Waals surface area contributed by atoms with E-state index in [4.69, 9.17) is 0 Å². The molecule has 1 aliphatic rings. The highest BCUT2D eigenvalue weighted by Gasteiger charge is 2.30. The van der Waals surface area contributed by atoms with E-state index in [1.54, 1.807) is 16.8 Å². The van der Waals surface area contributed by atoms with Crippen LogP contribution >= 0.6 is 11.3 Å². The Hall–Kier alpha value is -2.35. The fourth-order valence-electron chi connectivity index (χ4n) is 2.35. The Kier molecular flexibility index (Phi) is 3.38. The van der Waals surface area contributed by atoms with Crippen molar-refractivity contribution < 1.29 is 18.0 Å². The summed E-state index contributed by atoms with van der Waals surface area (Å²) in [4.78, 5) is 17.7. The molecular formula is C16H12F3N3OS. The van der Waals surface area contributed by atoms with Crippen LogP contribution in [0.3, 0.4) is 0 Å². The molecule has 0 atom stereocenters. The van der Waals surface area contributed by atoms with E-state index in [1.807, 2.05) is 0 Å². The lowest BCUT2D eigenvalue weighted by Gasteiger charge is -2.06. The van der Waals surface area contributed by atoms with E-state index in [0.717, 1.165) is 29.9 Å². The molecule has 4 nitrogen and oxygen atoms in total. The summed E-state index contributed by atoms with van der Waals surface area (Å²) in [7, 11) is 0. The van der Waals surface area contributed by atoms with Crippen molar-refractivity contribution in [2.24, 2.45) is 0 Å². The van der Waals surface area contributed by atoms with Crippen LogP contribution in [-0.4, -0.2) is 21.3 Å². The first kappa shape index (κ1) is 15.2. The molecule has 1 aromatic carbocycles. The Bertz CT molecular complexity index is 875. The van der Waals surface area contributed by atoms with Crippen LogP contribution in [0.15, 0.2) is 36.7 Å². The molecule has 0 saturated heterocycles. The van der Waals surface area contributed by atoms with Gasteiger partial charge in [-0.2, -0.15) is 13.2 Å². The molecule has 3 aromatic rings. The number of carbonyl (C=O) groups is 1. The molecule has 1 fully saturated rings. The number of rotatable bonds is 3. The number of hydrogen-bond acceptors (Lipinski definition) is 3. The Morgan fingerprint density at radius 2 is 1.92 bits per heavy atom. The monoisotopic (exact) mass is 351 g/mol. The maximum Gasteiger partial charge on any atom is 0.416 e. The van der Waals surface area contributed by atoms with Crippen LogP contribution in [-0.2, 0) is 6.18 Å². The summed E-state index contributed by atoms with van der Waals surface area (Å²) in [6.45, 7) is 0. The van der Waals surface area contributed by atoms with Gasteiger partial charge in [-0.05, 0) is 30.5 Å². The molecule has 0 bridgehead atoms. The summed E-state index contributed by atoms with van der Waals surface area (Å²) in [5.74, 6) is -0.190. The van der Waals surface area contributed by atoms with E-state index in [-0.39, 0.29) is 11.9 Å². The second-order valence-electron chi connectivity index (χ2n) is 5.73. The lowest BCUT2D eigenvalue weighted by Crippen LogP contribution is -2.25. The molecule has 2 aromatic heterocycles. The van der Waals surface area contributed by atoms with E-state index >= 15 is 0 Å². The van der Waals surface area contributed by atoms with Gasteiger partial charge in [0, 0.05) is 18.4 Å². The SMILES string of the molecule is O=C(NC1CC1)c1cn2cc(-c3ccc(C(F)(F)F)cc3)sc2n1. The van der Waals surface area contributed by atoms with Crippen LogP contribution in [0.1, 0.15) is 28.9 Å². The summed E-state index contributed by atoms with van der Waals surface area (Å²) in [6.07, 6.45) is 1.07. The van der Waals surface area contributed by atoms with Gasteiger partial charge in [0.1, 0.15) is 5.69 Å². The molecule has 0 unspecified atom stereocenters. The molecule has 1 N–H and O–H groups in total. The van der Waals surface area contributed by atoms with Crippen molar-refractivity contribution in [2.75, 3.05) is 0 Å². The number of carbonyl (C=O) groups excluding carboxylic acids is 1. The van der Waals surface area contributed by atoms with Crippen molar-refractivity contribution in [3.63, 3.8) is 0 Å². The van der Waals surface area contributed by atoms with Crippen molar-refractivity contribution in [3.05, 3.63) is 47.9 Å². The topological polar surface area (TPSA) is 46.4 Å². The summed E-state index contributed by atoms with van der Waals surface area (Å²) >= 11 is 1.33. The van der Waals surface area contributed by atoms with Crippen molar-refractivity contribution in [2.45, 2.75) is 25.1 Å². The predicted molar refractivity (Wildman–Crippen MR) is 84.0 cm³/mol. The zero-order valence-electron chi connectivity index (χ0n) is 12.3. The van der Waals surface area contributed by atoms with Crippen LogP contribution in [0.25, 0.3) is 15.4 Å². The highest BCUT2D eigenvalue weighted by molar-refractivity contribution is 7.20. The average molecular weight is 351 g/mol. The van der Waals surface area contributed by atoms with Crippen molar-refractivity contribution in [3.8, 4) is 10.4 Å². The molecule has 124 valence electrons. The first-order chi connectivity index (χ1) is 11.4. The third-order valence-electron chi connectivity index (χ3n) is 3.80. The molecule has 2 heterocycles. The molecule has 0 aliphatic heterocycles. The zero-order valence-corrected chi connectivity index (χ0v) is 13.1. The largest absolute Gasteiger partial charge is 0.416 e. The number of nitrogens with one attached hydrogen (secondary N) is 1. The molecule has 1 amide bonds. The Balaban J connectivity index is 1.59. The van der Waals surface area contributed by atoms with Crippen LogP contribution in [0.5, 0.6) is 0 Å². The van der Waals surface area contributed by atoms with Gasteiger partial charge in [-0.25, -0.2) is 4.98 Å². The number of nitrogens with zero attached hydrogens (tertiary/aromatic N) is 2. The summed E-state index contributed by atoms with van der Waals surface area (Å²) < 4.78 is 39.5. The number of fused-ring (bicyclic) bond motifs is 1. The van der Waals surface area contributed by atoms with Crippen LogP contribution < -0.4 is 5.32 Å². The second kappa shape index (κ2) is 5.34. The molecule has 1 saturated carbocycles. The number of hydrogen-bond donors (Lipinski definition) is 1. The second-order valence-corrected chi connectivity index (χ2v) is 6.74. The number of thiazole rings is 1. The van der Waals surface area contributed by atoms with Crippen LogP contribution in [0, 0.1) is 0 Å². The quantitative estimate of drug-likeness (QED) is 0.776. The lowest BCUT2D eigenvalue weighted by molar-refractivity contribution is -0.137. The van der Waals surface area contributed by atoms with E-state index in [0.29, 0.717) is 16.2 Å². The number of imidazole rings is 1. The first-order valence-corrected chi connectivity index (χ1v) is 8.19. The maximum absolute atomic E-state index is 12.6. The minimum atomic E-state index is -4.34. The van der Waals surface area contributed by atoms with Gasteiger partial charge >= 0.3 is 6.18 Å². The summed E-state index contributed by atoms with van der Waals surface area (Å²) in [5.41, 5.74) is 0.362. The molecule has 0 spiro atoms. The zero-order chi connectivity index (χ0) is 16.9. The fraction of sp³-hybridized carbons (Fsp3) is 0.250. The number of aromatic nitrogens is 2. The fourth-order valence-corrected chi connectivity index (χ4v) is 3.32. The minimum Gasteiger partial charge on any atom is -0.348 e. The number of halogens is 3. The maximum atomic E-state index is 12.6. The average Bonchev–Trinajstić information content (AvgIpc) is 3.10. The summed E-state index contributed by atoms with van der Waals surface area (Å²) in [6, 6.07) is 5.27. The minimum absolute atomic E-state index is 0.190. The Morgan fingerprint density at radius 3 is 2.50 bits per heavy atom. The van der Waals surface area contributed by atoms with Crippen molar-refractivity contribution in [1.29, 1.82) is 0 Å². The van der Waals surface area contributed by atoms with Gasteiger partial charge in [-0.15, -0.1) is 0 Å². The van der Waals surface area contributed by atoms with Gasteiger partial charge in [0.15, 0.2) is 4.96 Å². The smallest absolute Gasteiger partial charge is 0.348 e. The highest BCUT2D eigenvalue weighted by atomic mass is 32.1. The Labute approximate surface area is 138 Å². The van der Waals surface area contributed by atoms with Crippen molar-refractivity contribution >= 4 is 22.2 Å². The van der Waals surface area contributed by atoms with E-state index in [9.17, 15) is 18.0 Å². The van der Waals surface area contributed by atoms with Crippen molar-refractivity contribution in [1.82, 2.24) is 14.7 Å². The molecular weight excluding hydrogens is 339 g/mol. The summed E-state index contributed by atoms with van der Waals surface area (Å²) in [5, 5.41) is 2.87. The van der Waals surface area contributed by atoms with Crippen LogP contribution in [0.4, 0.5) is 13.2 Å². The van der Waals surface area contributed by atoms with Gasteiger partial charge < -0.3 is 5.32 Å². The first-order valence-electron chi connectivity index (χ1n) is 7.37. The lowest BCUT2D eigenvalue weighted by atomic mass is 10.1. The predicted octanol–water partition coefficient (Wildman–Crippen LogP) is 3.97. The van der Waals surface area contributed by atoms with E-state index in [1.165, 1.54) is 23.5 Å². The van der Waals surface area contributed by atoms with Gasteiger partial charge in [-0.3, -0.25) is 9.20 Å². The standard InChI is InChI=1S/C16H12F3N3OS/c17-16(18,19)10-3-1-9(2-4-10)13-8-22-7-12(21-15(22)24-13)14(23)20-11-5-6-11/h1-4,7-8,11H,5-6H2,(H,20,23). The molecule has 1 aliphatic carbocycles. The Morgan fingerprint density at radius 1 is 1.21 bits per heavy atom. The number of alkyl halides is 3. The highest BCUT2D eigenvalue weighted by Crippen LogP contribution is 2.33. The number of amides is 1. The van der Waals surface area contributed by atoms with Gasteiger partial charge in [0.2, 0.25) is 0 Å². The van der Waals surface area contributed by atoms with E-state index < -0.39 is 11.7 Å². The number of benzene rings is 1.